The fraction of sp³-hybridized carbons (Fsp3) is 0.579. The Morgan fingerprint density at radius 1 is 1.39 bits per heavy atom. The number of ether oxygens (including phenoxy) is 1. The average molecular weight is 399 g/mol. The molecule has 1 saturated heterocycles. The van der Waals surface area contributed by atoms with Crippen molar-refractivity contribution in [2.75, 3.05) is 26.2 Å². The molecule has 0 aromatic heterocycles. The zero-order chi connectivity index (χ0) is 20.5. The largest absolute Gasteiger partial charge is 0.416 e. The van der Waals surface area contributed by atoms with Gasteiger partial charge in [-0.15, -0.1) is 0 Å². The van der Waals surface area contributed by atoms with E-state index >= 15 is 0 Å². The number of hydrogen-bond acceptors (Lipinski definition) is 4. The molecule has 9 heteroatoms. The molecule has 3 rings (SSSR count). The van der Waals surface area contributed by atoms with Gasteiger partial charge in [0.2, 0.25) is 11.8 Å². The van der Waals surface area contributed by atoms with Gasteiger partial charge < -0.3 is 20.3 Å². The average Bonchev–Trinajstić information content (AvgIpc) is 2.62. The predicted octanol–water partition coefficient (Wildman–Crippen LogP) is 1.55. The summed E-state index contributed by atoms with van der Waals surface area (Å²) in [4.78, 5) is 27.6. The minimum Gasteiger partial charge on any atom is -0.367 e. The minimum absolute atomic E-state index is 0.00623. The Morgan fingerprint density at radius 3 is 2.86 bits per heavy atom. The summed E-state index contributed by atoms with van der Waals surface area (Å²) in [5.41, 5.74) is 6.21. The van der Waals surface area contributed by atoms with Crippen LogP contribution in [-0.2, 0) is 33.5 Å². The van der Waals surface area contributed by atoms with E-state index in [1.54, 1.807) is 11.0 Å². The lowest BCUT2D eigenvalue weighted by Crippen LogP contribution is -2.51. The molecule has 0 spiro atoms. The highest BCUT2D eigenvalue weighted by Gasteiger charge is 2.36. The van der Waals surface area contributed by atoms with Gasteiger partial charge in [-0.2, -0.15) is 13.2 Å². The second-order valence-electron chi connectivity index (χ2n) is 7.39. The summed E-state index contributed by atoms with van der Waals surface area (Å²) in [6, 6.07) is 3.53. The second kappa shape index (κ2) is 8.08. The molecule has 1 unspecified atom stereocenters. The number of benzene rings is 1. The van der Waals surface area contributed by atoms with Gasteiger partial charge >= 0.3 is 6.18 Å². The third-order valence-electron chi connectivity index (χ3n) is 5.14. The van der Waals surface area contributed by atoms with Crippen LogP contribution in [0.3, 0.4) is 0 Å². The molecule has 1 aromatic carbocycles. The van der Waals surface area contributed by atoms with Crippen molar-refractivity contribution in [2.24, 2.45) is 5.73 Å². The monoisotopic (exact) mass is 399 g/mol. The highest BCUT2D eigenvalue weighted by molar-refractivity contribution is 5.79. The number of carbonyl (C=O) groups is 2. The summed E-state index contributed by atoms with van der Waals surface area (Å²) in [6.07, 6.45) is -4.29. The Balaban J connectivity index is 1.60. The molecule has 2 aliphatic heterocycles. The number of carbonyl (C=O) groups excluding carboxylic acids is 2. The molecule has 2 amide bonds. The molecule has 0 aliphatic carbocycles. The lowest BCUT2D eigenvalue weighted by atomic mass is 9.94. The second-order valence-corrected chi connectivity index (χ2v) is 7.39. The van der Waals surface area contributed by atoms with E-state index in [1.807, 2.05) is 6.92 Å². The van der Waals surface area contributed by atoms with Crippen LogP contribution >= 0.6 is 0 Å². The van der Waals surface area contributed by atoms with Crippen molar-refractivity contribution in [3.05, 3.63) is 34.9 Å². The molecule has 2 N–H and O–H groups in total. The molecule has 1 aromatic rings. The van der Waals surface area contributed by atoms with E-state index < -0.39 is 17.8 Å². The van der Waals surface area contributed by atoms with Crippen LogP contribution in [0.2, 0.25) is 0 Å². The van der Waals surface area contributed by atoms with Gasteiger partial charge in [-0.1, -0.05) is 12.1 Å². The lowest BCUT2D eigenvalue weighted by Gasteiger charge is -2.34. The van der Waals surface area contributed by atoms with Gasteiger partial charge in [0.1, 0.15) is 6.61 Å². The lowest BCUT2D eigenvalue weighted by molar-refractivity contribution is -0.148. The van der Waals surface area contributed by atoms with E-state index in [0.29, 0.717) is 12.1 Å². The summed E-state index contributed by atoms with van der Waals surface area (Å²) in [7, 11) is 0. The molecular formula is C19H24F3N3O3. The third-order valence-corrected chi connectivity index (χ3v) is 5.14. The first kappa shape index (κ1) is 20.6. The number of halogens is 3. The van der Waals surface area contributed by atoms with Crippen LogP contribution in [0.4, 0.5) is 13.2 Å². The van der Waals surface area contributed by atoms with E-state index in [-0.39, 0.29) is 62.6 Å². The normalized spacial score (nSPS) is 21.5. The first-order valence-electron chi connectivity index (χ1n) is 9.26. The van der Waals surface area contributed by atoms with E-state index in [4.69, 9.17) is 10.5 Å². The van der Waals surface area contributed by atoms with Crippen molar-refractivity contribution >= 4 is 11.8 Å². The number of nitrogens with two attached hydrogens (primary N) is 1. The van der Waals surface area contributed by atoms with Crippen molar-refractivity contribution in [1.82, 2.24) is 9.80 Å². The number of alkyl halides is 3. The van der Waals surface area contributed by atoms with Crippen LogP contribution < -0.4 is 5.73 Å². The van der Waals surface area contributed by atoms with Gasteiger partial charge in [0.15, 0.2) is 0 Å². The third kappa shape index (κ3) is 4.64. The molecule has 2 atom stereocenters. The number of nitrogens with zero attached hydrogens (tertiary/aromatic N) is 2. The van der Waals surface area contributed by atoms with Gasteiger partial charge in [0, 0.05) is 38.6 Å². The summed E-state index contributed by atoms with van der Waals surface area (Å²) in [5.74, 6) is -0.378. The van der Waals surface area contributed by atoms with Gasteiger partial charge in [-0.3, -0.25) is 9.59 Å². The molecule has 0 bridgehead atoms. The highest BCUT2D eigenvalue weighted by Crippen LogP contribution is 2.35. The molecular weight excluding hydrogens is 375 g/mol. The Kier molecular flexibility index (Phi) is 5.95. The summed E-state index contributed by atoms with van der Waals surface area (Å²) in [6.45, 7) is 2.90. The maximum absolute atomic E-state index is 13.1. The van der Waals surface area contributed by atoms with Crippen molar-refractivity contribution in [1.29, 1.82) is 0 Å². The van der Waals surface area contributed by atoms with Crippen molar-refractivity contribution in [3.8, 4) is 0 Å². The molecule has 0 saturated carbocycles. The fourth-order valence-corrected chi connectivity index (χ4v) is 3.74. The molecule has 2 heterocycles. The van der Waals surface area contributed by atoms with Gasteiger partial charge in [0.25, 0.3) is 0 Å². The van der Waals surface area contributed by atoms with Crippen LogP contribution in [0.1, 0.15) is 30.0 Å². The zero-order valence-electron chi connectivity index (χ0n) is 15.7. The SMILES string of the molecule is CC1CN(C[C@@H](N)CC(=O)N2CCc3c(cccc3C(F)(F)F)C2)C(=O)CO1. The number of hydrogen-bond donors (Lipinski definition) is 1. The van der Waals surface area contributed by atoms with E-state index in [1.165, 1.54) is 11.0 Å². The minimum atomic E-state index is -4.40. The molecule has 6 nitrogen and oxygen atoms in total. The van der Waals surface area contributed by atoms with E-state index in [9.17, 15) is 22.8 Å². The molecule has 1 fully saturated rings. The number of fused-ring (bicyclic) bond motifs is 1. The quantitative estimate of drug-likeness (QED) is 0.834. The van der Waals surface area contributed by atoms with Crippen molar-refractivity contribution in [3.63, 3.8) is 0 Å². The van der Waals surface area contributed by atoms with Crippen LogP contribution in [0.15, 0.2) is 18.2 Å². The Labute approximate surface area is 161 Å². The van der Waals surface area contributed by atoms with Gasteiger partial charge in [0.05, 0.1) is 11.7 Å². The van der Waals surface area contributed by atoms with Gasteiger partial charge in [-0.05, 0) is 30.5 Å². The zero-order valence-corrected chi connectivity index (χ0v) is 15.7. The van der Waals surface area contributed by atoms with E-state index in [0.717, 1.165) is 6.07 Å². The standard InChI is InChI=1S/C19H24F3N3O3/c1-12-8-25(18(27)11-28-12)10-14(23)7-17(26)24-6-5-15-13(9-24)3-2-4-16(15)19(20,21)22/h2-4,12,14H,5-11,23H2,1H3/t12?,14-/m0/s1. The predicted molar refractivity (Wildman–Crippen MR) is 95.2 cm³/mol. The van der Waals surface area contributed by atoms with E-state index in [2.05, 4.69) is 0 Å². The first-order chi connectivity index (χ1) is 13.1. The Morgan fingerprint density at radius 2 is 2.14 bits per heavy atom. The number of morpholine rings is 1. The Bertz CT molecular complexity index is 754. The van der Waals surface area contributed by atoms with Gasteiger partial charge in [-0.25, -0.2) is 0 Å². The van der Waals surface area contributed by atoms with Crippen LogP contribution in [0, 0.1) is 0 Å². The molecule has 154 valence electrons. The van der Waals surface area contributed by atoms with Crippen LogP contribution in [0.25, 0.3) is 0 Å². The summed E-state index contributed by atoms with van der Waals surface area (Å²) >= 11 is 0. The van der Waals surface area contributed by atoms with Crippen LogP contribution in [0.5, 0.6) is 0 Å². The molecule has 2 aliphatic rings. The van der Waals surface area contributed by atoms with Crippen molar-refractivity contribution in [2.45, 2.75) is 44.6 Å². The summed E-state index contributed by atoms with van der Waals surface area (Å²) < 4.78 is 44.7. The van der Waals surface area contributed by atoms with Crippen LogP contribution in [-0.4, -0.2) is 60.0 Å². The topological polar surface area (TPSA) is 75.9 Å². The fourth-order valence-electron chi connectivity index (χ4n) is 3.74. The maximum Gasteiger partial charge on any atom is 0.416 e. The molecule has 28 heavy (non-hydrogen) atoms. The highest BCUT2D eigenvalue weighted by atomic mass is 19.4. The van der Waals surface area contributed by atoms with Crippen molar-refractivity contribution < 1.29 is 27.5 Å². The first-order valence-corrected chi connectivity index (χ1v) is 9.26. The Hall–Kier alpha value is -2.13. The molecule has 0 radical (unpaired) electrons. The smallest absolute Gasteiger partial charge is 0.367 e. The number of amides is 2. The summed E-state index contributed by atoms with van der Waals surface area (Å²) in [5, 5.41) is 0. The maximum atomic E-state index is 13.1. The number of rotatable bonds is 4.